The van der Waals surface area contributed by atoms with Crippen LogP contribution in [0, 0.1) is 5.82 Å². The van der Waals surface area contributed by atoms with E-state index in [4.69, 9.17) is 0 Å². The van der Waals surface area contributed by atoms with Gasteiger partial charge in [0.25, 0.3) is 0 Å². The highest BCUT2D eigenvalue weighted by Crippen LogP contribution is 2.20. The largest absolute Gasteiger partial charge is 0.355 e. The standard InChI is InChI=1S/C17H18FN3OS/c1-11(15-4-3-9-23-15)17(22)19-8-7-16-20-13-6-5-12(18)10-14(13)21(16)2/h3-6,9-11H,7-8H2,1-2H3,(H,19,22)/t11-/m1/s1. The zero-order valence-electron chi connectivity index (χ0n) is 13.0. The Morgan fingerprint density at radius 3 is 3.00 bits per heavy atom. The summed E-state index contributed by atoms with van der Waals surface area (Å²) in [5.41, 5.74) is 1.53. The molecule has 3 aromatic rings. The highest BCUT2D eigenvalue weighted by molar-refractivity contribution is 7.10. The lowest BCUT2D eigenvalue weighted by Gasteiger charge is -2.10. The third-order valence-electron chi connectivity index (χ3n) is 3.95. The molecule has 0 radical (unpaired) electrons. The molecule has 3 rings (SSSR count). The van der Waals surface area contributed by atoms with Crippen LogP contribution in [0.25, 0.3) is 11.0 Å². The zero-order chi connectivity index (χ0) is 16.4. The molecule has 0 aliphatic rings. The number of benzene rings is 1. The second kappa shape index (κ2) is 6.50. The minimum atomic E-state index is -0.273. The first-order valence-electron chi connectivity index (χ1n) is 7.48. The molecular weight excluding hydrogens is 313 g/mol. The molecule has 0 bridgehead atoms. The summed E-state index contributed by atoms with van der Waals surface area (Å²) in [5.74, 6) is 0.418. The molecule has 0 aliphatic heterocycles. The van der Waals surface area contributed by atoms with E-state index in [0.717, 1.165) is 21.7 Å². The maximum Gasteiger partial charge on any atom is 0.228 e. The van der Waals surface area contributed by atoms with Gasteiger partial charge in [-0.3, -0.25) is 4.79 Å². The number of aryl methyl sites for hydroxylation is 1. The Hall–Kier alpha value is -2.21. The first-order valence-corrected chi connectivity index (χ1v) is 8.36. The van der Waals surface area contributed by atoms with Crippen LogP contribution in [0.2, 0.25) is 0 Å². The van der Waals surface area contributed by atoms with Crippen molar-refractivity contribution < 1.29 is 9.18 Å². The molecule has 0 aliphatic carbocycles. The second-order valence-electron chi connectivity index (χ2n) is 5.50. The van der Waals surface area contributed by atoms with Gasteiger partial charge in [0.05, 0.1) is 17.0 Å². The van der Waals surface area contributed by atoms with E-state index in [-0.39, 0.29) is 17.6 Å². The molecular formula is C17H18FN3OS. The number of hydrogen-bond donors (Lipinski definition) is 1. The monoisotopic (exact) mass is 331 g/mol. The quantitative estimate of drug-likeness (QED) is 0.780. The van der Waals surface area contributed by atoms with Gasteiger partial charge in [0, 0.05) is 24.9 Å². The van der Waals surface area contributed by atoms with Crippen molar-refractivity contribution >= 4 is 28.3 Å². The molecule has 23 heavy (non-hydrogen) atoms. The fourth-order valence-corrected chi connectivity index (χ4v) is 3.34. The molecule has 1 N–H and O–H groups in total. The fourth-order valence-electron chi connectivity index (χ4n) is 2.55. The Balaban J connectivity index is 1.62. The lowest BCUT2D eigenvalue weighted by atomic mass is 10.1. The average Bonchev–Trinajstić information content (AvgIpc) is 3.16. The van der Waals surface area contributed by atoms with Crippen molar-refractivity contribution in [3.8, 4) is 0 Å². The van der Waals surface area contributed by atoms with Gasteiger partial charge >= 0.3 is 0 Å². The molecule has 0 spiro atoms. The Kier molecular flexibility index (Phi) is 4.43. The Labute approximate surface area is 138 Å². The molecule has 0 unspecified atom stereocenters. The number of hydrogen-bond acceptors (Lipinski definition) is 3. The lowest BCUT2D eigenvalue weighted by Crippen LogP contribution is -2.29. The van der Waals surface area contributed by atoms with Crippen LogP contribution in [0.3, 0.4) is 0 Å². The van der Waals surface area contributed by atoms with E-state index >= 15 is 0 Å². The van der Waals surface area contributed by atoms with Gasteiger partial charge in [-0.15, -0.1) is 11.3 Å². The molecule has 1 amide bonds. The topological polar surface area (TPSA) is 46.9 Å². The maximum atomic E-state index is 13.3. The van der Waals surface area contributed by atoms with Crippen molar-refractivity contribution in [2.24, 2.45) is 7.05 Å². The number of rotatable bonds is 5. The summed E-state index contributed by atoms with van der Waals surface area (Å²) in [4.78, 5) is 17.7. The summed E-state index contributed by atoms with van der Waals surface area (Å²) >= 11 is 1.58. The van der Waals surface area contributed by atoms with Crippen molar-refractivity contribution in [1.29, 1.82) is 0 Å². The summed E-state index contributed by atoms with van der Waals surface area (Å²) in [6.45, 7) is 2.41. The summed E-state index contributed by atoms with van der Waals surface area (Å²) in [5, 5.41) is 4.91. The molecule has 1 atom stereocenters. The molecule has 0 saturated heterocycles. The number of nitrogens with zero attached hydrogens (tertiary/aromatic N) is 2. The first-order chi connectivity index (χ1) is 11.1. The minimum absolute atomic E-state index is 0.0114. The number of aromatic nitrogens is 2. The van der Waals surface area contributed by atoms with Crippen LogP contribution in [0.15, 0.2) is 35.7 Å². The first kappa shape index (κ1) is 15.7. The highest BCUT2D eigenvalue weighted by atomic mass is 32.1. The van der Waals surface area contributed by atoms with E-state index in [1.807, 2.05) is 36.1 Å². The van der Waals surface area contributed by atoms with E-state index in [0.29, 0.717) is 13.0 Å². The van der Waals surface area contributed by atoms with Crippen LogP contribution in [0.5, 0.6) is 0 Å². The van der Waals surface area contributed by atoms with Crippen LogP contribution < -0.4 is 5.32 Å². The smallest absolute Gasteiger partial charge is 0.228 e. The van der Waals surface area contributed by atoms with Crippen LogP contribution in [-0.4, -0.2) is 22.0 Å². The van der Waals surface area contributed by atoms with Crippen molar-refractivity contribution in [2.75, 3.05) is 6.54 Å². The molecule has 0 saturated carbocycles. The van der Waals surface area contributed by atoms with Gasteiger partial charge in [-0.1, -0.05) is 6.07 Å². The number of fused-ring (bicyclic) bond motifs is 1. The summed E-state index contributed by atoms with van der Waals surface area (Å²) < 4.78 is 15.2. The lowest BCUT2D eigenvalue weighted by molar-refractivity contribution is -0.122. The summed E-state index contributed by atoms with van der Waals surface area (Å²) in [7, 11) is 1.86. The van der Waals surface area contributed by atoms with Crippen LogP contribution in [0.4, 0.5) is 4.39 Å². The van der Waals surface area contributed by atoms with Gasteiger partial charge in [-0.25, -0.2) is 9.37 Å². The summed E-state index contributed by atoms with van der Waals surface area (Å²) in [6, 6.07) is 8.47. The van der Waals surface area contributed by atoms with E-state index in [9.17, 15) is 9.18 Å². The normalized spacial score (nSPS) is 12.5. The van der Waals surface area contributed by atoms with E-state index < -0.39 is 0 Å². The molecule has 2 aromatic heterocycles. The third-order valence-corrected chi connectivity index (χ3v) is 5.00. The Morgan fingerprint density at radius 2 is 2.26 bits per heavy atom. The van der Waals surface area contributed by atoms with Gasteiger partial charge < -0.3 is 9.88 Å². The zero-order valence-corrected chi connectivity index (χ0v) is 13.9. The van der Waals surface area contributed by atoms with Crippen LogP contribution >= 0.6 is 11.3 Å². The maximum absolute atomic E-state index is 13.3. The van der Waals surface area contributed by atoms with E-state index in [1.165, 1.54) is 12.1 Å². The van der Waals surface area contributed by atoms with Crippen molar-refractivity contribution in [3.63, 3.8) is 0 Å². The number of amides is 1. The fraction of sp³-hybridized carbons (Fsp3) is 0.294. The molecule has 6 heteroatoms. The molecule has 120 valence electrons. The van der Waals surface area contributed by atoms with Crippen LogP contribution in [0.1, 0.15) is 23.5 Å². The molecule has 2 heterocycles. The predicted molar refractivity (Wildman–Crippen MR) is 90.1 cm³/mol. The third kappa shape index (κ3) is 3.27. The second-order valence-corrected chi connectivity index (χ2v) is 6.48. The van der Waals surface area contributed by atoms with Crippen LogP contribution in [-0.2, 0) is 18.3 Å². The van der Waals surface area contributed by atoms with Gasteiger partial charge in [0.1, 0.15) is 11.6 Å². The van der Waals surface area contributed by atoms with Gasteiger partial charge in [0.2, 0.25) is 5.91 Å². The van der Waals surface area contributed by atoms with Crippen molar-refractivity contribution in [2.45, 2.75) is 19.3 Å². The van der Waals surface area contributed by atoms with E-state index in [2.05, 4.69) is 10.3 Å². The highest BCUT2D eigenvalue weighted by Gasteiger charge is 2.16. The average molecular weight is 331 g/mol. The number of nitrogens with one attached hydrogen (secondary N) is 1. The number of carbonyl (C=O) groups is 1. The Morgan fingerprint density at radius 1 is 1.43 bits per heavy atom. The number of carbonyl (C=O) groups excluding carboxylic acids is 1. The van der Waals surface area contributed by atoms with Gasteiger partial charge in [0.15, 0.2) is 0 Å². The minimum Gasteiger partial charge on any atom is -0.355 e. The van der Waals surface area contributed by atoms with Gasteiger partial charge in [-0.2, -0.15) is 0 Å². The number of halogens is 1. The van der Waals surface area contributed by atoms with E-state index in [1.54, 1.807) is 17.4 Å². The molecule has 1 aromatic carbocycles. The SMILES string of the molecule is C[C@@H](C(=O)NCCc1nc2ccc(F)cc2n1C)c1cccs1. The molecule has 4 nitrogen and oxygen atoms in total. The van der Waals surface area contributed by atoms with Crippen molar-refractivity contribution in [3.05, 3.63) is 52.2 Å². The Bertz CT molecular complexity index is 826. The number of thiophene rings is 1. The van der Waals surface area contributed by atoms with Gasteiger partial charge in [-0.05, 0) is 36.6 Å². The number of imidazole rings is 1. The molecule has 0 fully saturated rings. The predicted octanol–water partition coefficient (Wildman–Crippen LogP) is 3.24. The van der Waals surface area contributed by atoms with Crippen molar-refractivity contribution in [1.82, 2.24) is 14.9 Å². The summed E-state index contributed by atoms with van der Waals surface area (Å²) in [6.07, 6.45) is 0.607.